The van der Waals surface area contributed by atoms with E-state index in [1.54, 1.807) is 0 Å². The van der Waals surface area contributed by atoms with Crippen LogP contribution in [0.2, 0.25) is 0 Å². The van der Waals surface area contributed by atoms with E-state index in [9.17, 15) is 5.11 Å². The van der Waals surface area contributed by atoms with E-state index in [1.165, 1.54) is 5.56 Å². The fourth-order valence-corrected chi connectivity index (χ4v) is 1.98. The van der Waals surface area contributed by atoms with Gasteiger partial charge in [0.1, 0.15) is 0 Å². The van der Waals surface area contributed by atoms with Gasteiger partial charge in [0.05, 0.1) is 12.7 Å². The van der Waals surface area contributed by atoms with Gasteiger partial charge in [0, 0.05) is 17.1 Å². The Hall–Kier alpha value is -0.420. The minimum absolute atomic E-state index is 0.206. The van der Waals surface area contributed by atoms with E-state index in [-0.39, 0.29) is 12.6 Å². The number of halogens is 1. The number of hydrogen-bond acceptors (Lipinski definition) is 3. The molecule has 2 unspecified atom stereocenters. The van der Waals surface area contributed by atoms with Crippen molar-refractivity contribution in [2.45, 2.75) is 25.5 Å². The highest BCUT2D eigenvalue weighted by molar-refractivity contribution is 9.10. The zero-order valence-corrected chi connectivity index (χ0v) is 10.9. The average molecular weight is 288 g/mol. The van der Waals surface area contributed by atoms with Gasteiger partial charge in [-0.3, -0.25) is 0 Å². The second kappa shape index (κ2) is 7.01. The van der Waals surface area contributed by atoms with E-state index in [4.69, 9.17) is 5.11 Å². The van der Waals surface area contributed by atoms with Gasteiger partial charge in [-0.2, -0.15) is 0 Å². The Balaban J connectivity index is 2.60. The second-order valence-electron chi connectivity index (χ2n) is 3.76. The molecule has 4 heteroatoms. The van der Waals surface area contributed by atoms with Crippen LogP contribution in [0.25, 0.3) is 0 Å². The number of rotatable bonds is 6. The summed E-state index contributed by atoms with van der Waals surface area (Å²) < 4.78 is 1.05. The molecule has 1 aromatic rings. The van der Waals surface area contributed by atoms with Crippen LogP contribution < -0.4 is 5.32 Å². The van der Waals surface area contributed by atoms with Gasteiger partial charge in [-0.05, 0) is 24.1 Å². The monoisotopic (exact) mass is 287 g/mol. The Labute approximate surface area is 105 Å². The summed E-state index contributed by atoms with van der Waals surface area (Å²) >= 11 is 3.44. The second-order valence-corrected chi connectivity index (χ2v) is 4.68. The minimum atomic E-state index is -0.693. The van der Waals surface area contributed by atoms with Crippen molar-refractivity contribution in [1.82, 2.24) is 5.32 Å². The van der Waals surface area contributed by atoms with Crippen molar-refractivity contribution < 1.29 is 10.2 Å². The predicted molar refractivity (Wildman–Crippen MR) is 68.3 cm³/mol. The molecule has 3 nitrogen and oxygen atoms in total. The highest BCUT2D eigenvalue weighted by Gasteiger charge is 2.10. The summed E-state index contributed by atoms with van der Waals surface area (Å²) in [5, 5.41) is 21.3. The standard InChI is InChI=1S/C12H18BrNO2/c1-2-12(14-7-11(16)8-15)9-4-3-5-10(13)6-9/h3-6,11-12,14-16H,2,7-8H2,1H3. The summed E-state index contributed by atoms with van der Waals surface area (Å²) in [5.74, 6) is 0. The first-order chi connectivity index (χ1) is 7.67. The van der Waals surface area contributed by atoms with Crippen LogP contribution in [0.1, 0.15) is 24.9 Å². The van der Waals surface area contributed by atoms with Crippen molar-refractivity contribution in [3.05, 3.63) is 34.3 Å². The van der Waals surface area contributed by atoms with Crippen LogP contribution in [0.4, 0.5) is 0 Å². The highest BCUT2D eigenvalue weighted by Crippen LogP contribution is 2.20. The van der Waals surface area contributed by atoms with Crippen molar-refractivity contribution in [3.63, 3.8) is 0 Å². The van der Waals surface area contributed by atoms with Crippen molar-refractivity contribution in [2.24, 2.45) is 0 Å². The molecule has 3 N–H and O–H groups in total. The van der Waals surface area contributed by atoms with E-state index >= 15 is 0 Å². The molecule has 0 aliphatic carbocycles. The number of hydrogen-bond donors (Lipinski definition) is 3. The van der Waals surface area contributed by atoms with E-state index in [1.807, 2.05) is 12.1 Å². The van der Waals surface area contributed by atoms with Gasteiger partial charge >= 0.3 is 0 Å². The number of aliphatic hydroxyl groups is 2. The third-order valence-electron chi connectivity index (χ3n) is 2.47. The van der Waals surface area contributed by atoms with E-state index in [0.29, 0.717) is 6.54 Å². The van der Waals surface area contributed by atoms with Crippen molar-refractivity contribution in [1.29, 1.82) is 0 Å². The van der Waals surface area contributed by atoms with Gasteiger partial charge in [0.2, 0.25) is 0 Å². The zero-order chi connectivity index (χ0) is 12.0. The van der Waals surface area contributed by atoms with E-state index < -0.39 is 6.10 Å². The van der Waals surface area contributed by atoms with Gasteiger partial charge in [-0.1, -0.05) is 35.0 Å². The van der Waals surface area contributed by atoms with Gasteiger partial charge in [0.25, 0.3) is 0 Å². The Kier molecular flexibility index (Phi) is 5.98. The summed E-state index contributed by atoms with van der Waals surface area (Å²) in [5.41, 5.74) is 1.18. The number of nitrogens with one attached hydrogen (secondary N) is 1. The molecule has 0 amide bonds. The minimum Gasteiger partial charge on any atom is -0.394 e. The highest BCUT2D eigenvalue weighted by atomic mass is 79.9. The first kappa shape index (κ1) is 13.6. The first-order valence-corrected chi connectivity index (χ1v) is 6.24. The van der Waals surface area contributed by atoms with Crippen molar-refractivity contribution >= 4 is 15.9 Å². The molecule has 16 heavy (non-hydrogen) atoms. The fraction of sp³-hybridized carbons (Fsp3) is 0.500. The van der Waals surface area contributed by atoms with Gasteiger partial charge in [-0.15, -0.1) is 0 Å². The Morgan fingerprint density at radius 1 is 1.44 bits per heavy atom. The van der Waals surface area contributed by atoms with Crippen LogP contribution in [-0.2, 0) is 0 Å². The van der Waals surface area contributed by atoms with Crippen LogP contribution in [0.3, 0.4) is 0 Å². The third kappa shape index (κ3) is 4.22. The maximum absolute atomic E-state index is 9.28. The van der Waals surface area contributed by atoms with Crippen LogP contribution in [-0.4, -0.2) is 29.5 Å². The summed E-state index contributed by atoms with van der Waals surface area (Å²) in [6, 6.07) is 8.30. The van der Waals surface area contributed by atoms with Crippen LogP contribution in [0, 0.1) is 0 Å². The fourth-order valence-electron chi connectivity index (χ4n) is 1.56. The van der Waals surface area contributed by atoms with Crippen LogP contribution in [0.5, 0.6) is 0 Å². The molecule has 0 saturated heterocycles. The Morgan fingerprint density at radius 2 is 2.19 bits per heavy atom. The normalized spacial score (nSPS) is 14.8. The number of benzene rings is 1. The average Bonchev–Trinajstić information content (AvgIpc) is 2.29. The lowest BCUT2D eigenvalue weighted by molar-refractivity contribution is 0.0917. The maximum atomic E-state index is 9.28. The molecule has 90 valence electrons. The lowest BCUT2D eigenvalue weighted by Crippen LogP contribution is -2.32. The molecule has 1 rings (SSSR count). The predicted octanol–water partition coefficient (Wildman–Crippen LogP) is 1.84. The summed E-state index contributed by atoms with van der Waals surface area (Å²) in [6.45, 7) is 2.29. The topological polar surface area (TPSA) is 52.5 Å². The molecule has 0 heterocycles. The maximum Gasteiger partial charge on any atom is 0.0895 e. The van der Waals surface area contributed by atoms with Gasteiger partial charge in [-0.25, -0.2) is 0 Å². The SMILES string of the molecule is CCC(NCC(O)CO)c1cccc(Br)c1. The molecule has 0 spiro atoms. The molecule has 0 saturated carbocycles. The van der Waals surface area contributed by atoms with Crippen LogP contribution in [0.15, 0.2) is 28.7 Å². The third-order valence-corrected chi connectivity index (χ3v) is 2.96. The smallest absolute Gasteiger partial charge is 0.0895 e. The molecule has 0 aromatic heterocycles. The molecule has 0 aliphatic heterocycles. The van der Waals surface area contributed by atoms with Crippen molar-refractivity contribution in [2.75, 3.05) is 13.2 Å². The lowest BCUT2D eigenvalue weighted by atomic mass is 10.0. The number of aliphatic hydroxyl groups excluding tert-OH is 2. The molecular formula is C12H18BrNO2. The summed E-state index contributed by atoms with van der Waals surface area (Å²) in [7, 11) is 0. The molecule has 0 radical (unpaired) electrons. The summed E-state index contributed by atoms with van der Waals surface area (Å²) in [4.78, 5) is 0. The van der Waals surface area contributed by atoms with Gasteiger partial charge < -0.3 is 15.5 Å². The lowest BCUT2D eigenvalue weighted by Gasteiger charge is -2.19. The Morgan fingerprint density at radius 3 is 2.75 bits per heavy atom. The van der Waals surface area contributed by atoms with E-state index in [0.717, 1.165) is 10.9 Å². The molecular weight excluding hydrogens is 270 g/mol. The zero-order valence-electron chi connectivity index (χ0n) is 9.36. The summed E-state index contributed by atoms with van der Waals surface area (Å²) in [6.07, 6.45) is 0.246. The molecule has 0 fully saturated rings. The van der Waals surface area contributed by atoms with Crippen molar-refractivity contribution in [3.8, 4) is 0 Å². The Bertz CT molecular complexity index is 320. The molecule has 0 bridgehead atoms. The molecule has 1 aromatic carbocycles. The molecule has 2 atom stereocenters. The molecule has 0 aliphatic rings. The van der Waals surface area contributed by atoms with Crippen LogP contribution >= 0.6 is 15.9 Å². The quantitative estimate of drug-likeness (QED) is 0.748. The largest absolute Gasteiger partial charge is 0.394 e. The van der Waals surface area contributed by atoms with E-state index in [2.05, 4.69) is 40.3 Å². The first-order valence-electron chi connectivity index (χ1n) is 5.45. The van der Waals surface area contributed by atoms with Gasteiger partial charge in [0.15, 0.2) is 0 Å².